The Labute approximate surface area is 147 Å². The van der Waals surface area contributed by atoms with Crippen molar-refractivity contribution in [1.29, 1.82) is 0 Å². The van der Waals surface area contributed by atoms with E-state index in [-0.39, 0.29) is 11.8 Å². The van der Waals surface area contributed by atoms with Gasteiger partial charge in [-0.1, -0.05) is 23.7 Å². The van der Waals surface area contributed by atoms with Crippen LogP contribution in [0.3, 0.4) is 0 Å². The SMILES string of the molecule is CN(C)c1ccc(CNC(=O)[C@@H]2COc3ccc(Cl)cc3C2)cc1. The van der Waals surface area contributed by atoms with Gasteiger partial charge in [-0.05, 0) is 47.9 Å². The van der Waals surface area contributed by atoms with Crippen LogP contribution in [0.5, 0.6) is 5.75 Å². The molecule has 0 bridgehead atoms. The topological polar surface area (TPSA) is 41.6 Å². The highest BCUT2D eigenvalue weighted by molar-refractivity contribution is 6.30. The lowest BCUT2D eigenvalue weighted by Crippen LogP contribution is -2.37. The summed E-state index contributed by atoms with van der Waals surface area (Å²) in [5.74, 6) is 0.650. The van der Waals surface area contributed by atoms with E-state index in [1.54, 1.807) is 6.07 Å². The number of nitrogens with zero attached hydrogens (tertiary/aromatic N) is 1. The predicted molar refractivity (Wildman–Crippen MR) is 96.8 cm³/mol. The second-order valence-corrected chi connectivity index (χ2v) is 6.68. The monoisotopic (exact) mass is 344 g/mol. The number of carbonyl (C=O) groups is 1. The fourth-order valence-corrected chi connectivity index (χ4v) is 2.97. The zero-order chi connectivity index (χ0) is 17.1. The Balaban J connectivity index is 1.57. The minimum absolute atomic E-state index is 0.0114. The van der Waals surface area contributed by atoms with Crippen LogP contribution >= 0.6 is 11.6 Å². The van der Waals surface area contributed by atoms with Gasteiger partial charge in [-0.3, -0.25) is 4.79 Å². The molecule has 1 aliphatic heterocycles. The number of ether oxygens (including phenoxy) is 1. The van der Waals surface area contributed by atoms with Gasteiger partial charge < -0.3 is 15.0 Å². The lowest BCUT2D eigenvalue weighted by molar-refractivity contribution is -0.126. The quantitative estimate of drug-likeness (QED) is 0.925. The number of amides is 1. The molecule has 4 nitrogen and oxygen atoms in total. The van der Waals surface area contributed by atoms with E-state index in [0.717, 1.165) is 22.6 Å². The van der Waals surface area contributed by atoms with Crippen LogP contribution in [0.15, 0.2) is 42.5 Å². The van der Waals surface area contributed by atoms with Crippen molar-refractivity contribution in [2.45, 2.75) is 13.0 Å². The third-order valence-corrected chi connectivity index (χ3v) is 4.45. The van der Waals surface area contributed by atoms with Crippen molar-refractivity contribution in [3.8, 4) is 5.75 Å². The molecule has 1 atom stereocenters. The molecule has 0 unspecified atom stereocenters. The van der Waals surface area contributed by atoms with Gasteiger partial charge in [0.1, 0.15) is 12.4 Å². The average molecular weight is 345 g/mol. The number of benzene rings is 2. The van der Waals surface area contributed by atoms with Crippen LogP contribution in [0.4, 0.5) is 5.69 Å². The molecule has 0 radical (unpaired) electrons. The van der Waals surface area contributed by atoms with Crippen molar-refractivity contribution in [2.24, 2.45) is 5.92 Å². The molecule has 1 aliphatic rings. The van der Waals surface area contributed by atoms with Crippen LogP contribution in [-0.4, -0.2) is 26.6 Å². The van der Waals surface area contributed by atoms with Crippen molar-refractivity contribution < 1.29 is 9.53 Å². The van der Waals surface area contributed by atoms with E-state index in [1.807, 2.05) is 55.4 Å². The van der Waals surface area contributed by atoms with E-state index in [9.17, 15) is 4.79 Å². The molecule has 126 valence electrons. The van der Waals surface area contributed by atoms with Crippen LogP contribution in [-0.2, 0) is 17.8 Å². The minimum Gasteiger partial charge on any atom is -0.492 e. The number of carbonyl (C=O) groups excluding carboxylic acids is 1. The fraction of sp³-hybridized carbons (Fsp3) is 0.316. The lowest BCUT2D eigenvalue weighted by atomic mass is 9.96. The molecule has 0 aliphatic carbocycles. The Kier molecular flexibility index (Phi) is 4.95. The molecule has 0 saturated carbocycles. The highest BCUT2D eigenvalue weighted by atomic mass is 35.5. The summed E-state index contributed by atoms with van der Waals surface area (Å²) in [5.41, 5.74) is 3.21. The second kappa shape index (κ2) is 7.14. The van der Waals surface area contributed by atoms with Crippen LogP contribution < -0.4 is 15.0 Å². The van der Waals surface area contributed by atoms with Crippen molar-refractivity contribution in [3.63, 3.8) is 0 Å². The van der Waals surface area contributed by atoms with Crippen LogP contribution in [0.2, 0.25) is 5.02 Å². The number of nitrogens with one attached hydrogen (secondary N) is 1. The maximum atomic E-state index is 12.4. The summed E-state index contributed by atoms with van der Waals surface area (Å²) in [5, 5.41) is 3.66. The summed E-state index contributed by atoms with van der Waals surface area (Å²) < 4.78 is 5.68. The molecule has 0 spiro atoms. The predicted octanol–water partition coefficient (Wildman–Crippen LogP) is 3.27. The van der Waals surface area contributed by atoms with Crippen molar-refractivity contribution in [3.05, 3.63) is 58.6 Å². The Morgan fingerprint density at radius 2 is 2.00 bits per heavy atom. The Morgan fingerprint density at radius 1 is 1.25 bits per heavy atom. The summed E-state index contributed by atoms with van der Waals surface area (Å²) in [6.07, 6.45) is 0.654. The Morgan fingerprint density at radius 3 is 2.71 bits per heavy atom. The molecule has 5 heteroatoms. The van der Waals surface area contributed by atoms with Gasteiger partial charge in [0.25, 0.3) is 0 Å². The molecule has 1 heterocycles. The zero-order valence-corrected chi connectivity index (χ0v) is 14.6. The molecular formula is C19H21ClN2O2. The van der Waals surface area contributed by atoms with Gasteiger partial charge >= 0.3 is 0 Å². The molecular weight excluding hydrogens is 324 g/mol. The van der Waals surface area contributed by atoms with Gasteiger partial charge in [0.15, 0.2) is 0 Å². The van der Waals surface area contributed by atoms with E-state index in [0.29, 0.717) is 24.6 Å². The standard InChI is InChI=1S/C19H21ClN2O2/c1-22(2)17-6-3-13(4-7-17)11-21-19(23)15-9-14-10-16(20)5-8-18(14)24-12-15/h3-8,10,15H,9,11-12H2,1-2H3,(H,21,23)/t15-/m0/s1. The van der Waals surface area contributed by atoms with Crippen LogP contribution in [0, 0.1) is 5.92 Å². The lowest BCUT2D eigenvalue weighted by Gasteiger charge is -2.24. The number of hydrogen-bond acceptors (Lipinski definition) is 3. The van der Waals surface area contributed by atoms with E-state index in [4.69, 9.17) is 16.3 Å². The summed E-state index contributed by atoms with van der Waals surface area (Å²) in [6, 6.07) is 13.7. The normalized spacial score (nSPS) is 16.0. The van der Waals surface area contributed by atoms with Gasteiger partial charge in [-0.15, -0.1) is 0 Å². The van der Waals surface area contributed by atoms with Crippen LogP contribution in [0.25, 0.3) is 0 Å². The molecule has 3 rings (SSSR count). The van der Waals surface area contributed by atoms with Crippen molar-refractivity contribution >= 4 is 23.2 Å². The molecule has 1 amide bonds. The first kappa shape index (κ1) is 16.7. The highest BCUT2D eigenvalue weighted by Gasteiger charge is 2.25. The van der Waals surface area contributed by atoms with Crippen molar-refractivity contribution in [2.75, 3.05) is 25.6 Å². The molecule has 0 fully saturated rings. The maximum Gasteiger partial charge on any atom is 0.227 e. The van der Waals surface area contributed by atoms with Gasteiger partial charge in [-0.2, -0.15) is 0 Å². The first-order valence-electron chi connectivity index (χ1n) is 7.98. The zero-order valence-electron chi connectivity index (χ0n) is 13.9. The number of fused-ring (bicyclic) bond motifs is 1. The summed E-state index contributed by atoms with van der Waals surface area (Å²) in [7, 11) is 4.01. The number of hydrogen-bond donors (Lipinski definition) is 1. The number of anilines is 1. The molecule has 24 heavy (non-hydrogen) atoms. The molecule has 1 N–H and O–H groups in total. The van der Waals surface area contributed by atoms with Gasteiger partial charge in [0.05, 0.1) is 5.92 Å². The third kappa shape index (κ3) is 3.82. The Hall–Kier alpha value is -2.20. The fourth-order valence-electron chi connectivity index (χ4n) is 2.78. The largest absolute Gasteiger partial charge is 0.492 e. The Bertz CT molecular complexity index is 729. The molecule has 0 saturated heterocycles. The smallest absolute Gasteiger partial charge is 0.227 e. The number of halogens is 1. The first-order valence-corrected chi connectivity index (χ1v) is 8.36. The minimum atomic E-state index is -0.183. The van der Waals surface area contributed by atoms with Crippen molar-refractivity contribution in [1.82, 2.24) is 5.32 Å². The van der Waals surface area contributed by atoms with Gasteiger partial charge in [-0.25, -0.2) is 0 Å². The maximum absolute atomic E-state index is 12.4. The first-order chi connectivity index (χ1) is 11.5. The second-order valence-electron chi connectivity index (χ2n) is 6.24. The molecule has 0 aromatic heterocycles. The number of rotatable bonds is 4. The van der Waals surface area contributed by atoms with E-state index >= 15 is 0 Å². The summed E-state index contributed by atoms with van der Waals surface area (Å²) in [4.78, 5) is 14.5. The summed E-state index contributed by atoms with van der Waals surface area (Å²) >= 11 is 6.02. The molecule has 2 aromatic carbocycles. The van der Waals surface area contributed by atoms with Crippen LogP contribution in [0.1, 0.15) is 11.1 Å². The van der Waals surface area contributed by atoms with E-state index < -0.39 is 0 Å². The van der Waals surface area contributed by atoms with Gasteiger partial charge in [0.2, 0.25) is 5.91 Å². The van der Waals surface area contributed by atoms with E-state index in [1.165, 1.54) is 0 Å². The average Bonchev–Trinajstić information content (AvgIpc) is 2.59. The summed E-state index contributed by atoms with van der Waals surface area (Å²) in [6.45, 7) is 0.922. The highest BCUT2D eigenvalue weighted by Crippen LogP contribution is 2.29. The molecule has 2 aromatic rings. The van der Waals surface area contributed by atoms with E-state index in [2.05, 4.69) is 5.32 Å². The van der Waals surface area contributed by atoms with Gasteiger partial charge in [0, 0.05) is 31.4 Å². The third-order valence-electron chi connectivity index (χ3n) is 4.22.